The van der Waals surface area contributed by atoms with Crippen LogP contribution in [0.5, 0.6) is 17.2 Å². The summed E-state index contributed by atoms with van der Waals surface area (Å²) < 4.78 is 16.9. The molecule has 1 fully saturated rings. The average molecular weight is 511 g/mol. The molecule has 2 aromatic carbocycles. The van der Waals surface area contributed by atoms with Crippen molar-refractivity contribution in [1.82, 2.24) is 9.80 Å². The smallest absolute Gasteiger partial charge is 0.295 e. The van der Waals surface area contributed by atoms with E-state index in [9.17, 15) is 14.7 Å². The molecule has 1 amide bonds. The maximum atomic E-state index is 13.3. The Balaban J connectivity index is 2.11. The molecule has 1 atom stereocenters. The van der Waals surface area contributed by atoms with Gasteiger partial charge >= 0.3 is 0 Å². The highest BCUT2D eigenvalue weighted by atomic mass is 16.5. The summed E-state index contributed by atoms with van der Waals surface area (Å²) >= 11 is 0. The lowest BCUT2D eigenvalue weighted by Gasteiger charge is -2.27. The van der Waals surface area contributed by atoms with Crippen LogP contribution in [-0.2, 0) is 9.59 Å². The Bertz CT molecular complexity index is 1170. The largest absolute Gasteiger partial charge is 0.507 e. The summed E-state index contributed by atoms with van der Waals surface area (Å²) in [6, 6.07) is 9.75. The zero-order valence-electron chi connectivity index (χ0n) is 22.8. The number of likely N-dealkylation sites (N-methyl/N-ethyl adjacent to an activating group) is 1. The number of likely N-dealkylation sites (tertiary alicyclic amines) is 1. The Hall–Kier alpha value is -3.52. The van der Waals surface area contributed by atoms with Crippen LogP contribution >= 0.6 is 0 Å². The van der Waals surface area contributed by atoms with E-state index in [-0.39, 0.29) is 11.3 Å². The molecule has 1 saturated heterocycles. The van der Waals surface area contributed by atoms with Crippen LogP contribution in [0.3, 0.4) is 0 Å². The monoisotopic (exact) mass is 510 g/mol. The van der Waals surface area contributed by atoms with Crippen LogP contribution in [-0.4, -0.2) is 74.6 Å². The predicted octanol–water partition coefficient (Wildman–Crippen LogP) is 4.42. The molecule has 0 radical (unpaired) electrons. The van der Waals surface area contributed by atoms with Crippen LogP contribution in [0.25, 0.3) is 5.76 Å². The molecule has 1 aliphatic heterocycles. The van der Waals surface area contributed by atoms with Crippen molar-refractivity contribution < 1.29 is 28.9 Å². The van der Waals surface area contributed by atoms with Crippen molar-refractivity contribution in [2.75, 3.05) is 48.0 Å². The number of rotatable bonds is 11. The Morgan fingerprint density at radius 2 is 1.70 bits per heavy atom. The lowest BCUT2D eigenvalue weighted by Crippen LogP contribution is -2.35. The van der Waals surface area contributed by atoms with E-state index in [0.717, 1.165) is 12.0 Å². The summed E-state index contributed by atoms with van der Waals surface area (Å²) in [5.74, 6) is 0.668. The van der Waals surface area contributed by atoms with Crippen molar-refractivity contribution in [2.45, 2.75) is 33.2 Å². The number of aryl methyl sites for hydroxylation is 1. The molecule has 1 heterocycles. The van der Waals surface area contributed by atoms with E-state index in [1.165, 1.54) is 4.90 Å². The second kappa shape index (κ2) is 12.1. The maximum Gasteiger partial charge on any atom is 0.295 e. The average Bonchev–Trinajstić information content (AvgIpc) is 3.11. The number of ketones is 1. The summed E-state index contributed by atoms with van der Waals surface area (Å²) in [6.07, 6.45) is 0.900. The van der Waals surface area contributed by atoms with E-state index in [4.69, 9.17) is 14.2 Å². The van der Waals surface area contributed by atoms with Crippen molar-refractivity contribution in [3.63, 3.8) is 0 Å². The molecule has 200 valence electrons. The minimum atomic E-state index is -0.777. The van der Waals surface area contributed by atoms with Gasteiger partial charge in [0.2, 0.25) is 0 Å². The third kappa shape index (κ3) is 6.25. The van der Waals surface area contributed by atoms with Gasteiger partial charge in [-0.1, -0.05) is 19.9 Å². The van der Waals surface area contributed by atoms with Gasteiger partial charge < -0.3 is 29.1 Å². The van der Waals surface area contributed by atoms with E-state index in [1.54, 1.807) is 44.6 Å². The second-order valence-electron chi connectivity index (χ2n) is 9.92. The molecule has 1 N–H and O–H groups in total. The fourth-order valence-corrected chi connectivity index (χ4v) is 4.32. The predicted molar refractivity (Wildman–Crippen MR) is 143 cm³/mol. The van der Waals surface area contributed by atoms with Gasteiger partial charge in [0.15, 0.2) is 11.5 Å². The van der Waals surface area contributed by atoms with Gasteiger partial charge in [-0.05, 0) is 74.8 Å². The molecule has 0 saturated carbocycles. The third-order valence-electron chi connectivity index (χ3n) is 6.45. The zero-order valence-corrected chi connectivity index (χ0v) is 22.8. The van der Waals surface area contributed by atoms with Gasteiger partial charge in [0.25, 0.3) is 11.7 Å². The van der Waals surface area contributed by atoms with Crippen LogP contribution in [0.4, 0.5) is 0 Å². The highest BCUT2D eigenvalue weighted by molar-refractivity contribution is 6.46. The number of hydrogen-bond acceptors (Lipinski definition) is 7. The summed E-state index contributed by atoms with van der Waals surface area (Å²) in [4.78, 5) is 29.9. The molecule has 1 aliphatic rings. The van der Waals surface area contributed by atoms with Gasteiger partial charge in [-0.3, -0.25) is 9.59 Å². The number of carbonyl (C=O) groups is 2. The molecule has 1 unspecified atom stereocenters. The number of nitrogens with zero attached hydrogens (tertiary/aromatic N) is 2. The lowest BCUT2D eigenvalue weighted by atomic mass is 9.94. The number of methoxy groups -OCH3 is 2. The van der Waals surface area contributed by atoms with E-state index in [0.29, 0.717) is 54.0 Å². The van der Waals surface area contributed by atoms with Gasteiger partial charge in [-0.15, -0.1) is 0 Å². The molecule has 37 heavy (non-hydrogen) atoms. The Morgan fingerprint density at radius 1 is 1.03 bits per heavy atom. The number of aliphatic hydroxyl groups excluding tert-OH is 1. The van der Waals surface area contributed by atoms with E-state index >= 15 is 0 Å². The molecule has 0 aliphatic carbocycles. The number of amides is 1. The first-order valence-corrected chi connectivity index (χ1v) is 12.5. The second-order valence-corrected chi connectivity index (χ2v) is 9.92. The molecule has 0 bridgehead atoms. The SMILES string of the molecule is COc1ccc(/C(O)=C2\C(=O)C(=O)N(CCN(C)C)C2c2ccc(OCCC(C)C)c(OC)c2)cc1C. The fourth-order valence-electron chi connectivity index (χ4n) is 4.32. The fraction of sp³-hybridized carbons (Fsp3) is 0.448. The van der Waals surface area contributed by atoms with Crippen molar-refractivity contribution >= 4 is 17.4 Å². The van der Waals surface area contributed by atoms with Crippen molar-refractivity contribution in [3.8, 4) is 17.2 Å². The summed E-state index contributed by atoms with van der Waals surface area (Å²) in [6.45, 7) is 7.53. The Morgan fingerprint density at radius 3 is 2.30 bits per heavy atom. The third-order valence-corrected chi connectivity index (χ3v) is 6.45. The van der Waals surface area contributed by atoms with Crippen molar-refractivity contribution in [1.29, 1.82) is 0 Å². The molecule has 3 rings (SSSR count). The van der Waals surface area contributed by atoms with Crippen molar-refractivity contribution in [3.05, 3.63) is 58.7 Å². The number of hydrogen-bond donors (Lipinski definition) is 1. The first-order valence-electron chi connectivity index (χ1n) is 12.5. The minimum Gasteiger partial charge on any atom is -0.507 e. The highest BCUT2D eigenvalue weighted by Crippen LogP contribution is 2.42. The summed E-state index contributed by atoms with van der Waals surface area (Å²) in [5.41, 5.74) is 1.94. The normalized spacial score (nSPS) is 17.1. The minimum absolute atomic E-state index is 0.0452. The van der Waals surface area contributed by atoms with Gasteiger partial charge in [0.1, 0.15) is 11.5 Å². The summed E-state index contributed by atoms with van der Waals surface area (Å²) in [5, 5.41) is 11.3. The molecule has 8 heteroatoms. The molecule has 0 spiro atoms. The van der Waals surface area contributed by atoms with Gasteiger partial charge in [0.05, 0.1) is 32.4 Å². The molecule has 0 aromatic heterocycles. The molecule has 2 aromatic rings. The number of carbonyl (C=O) groups excluding carboxylic acids is 2. The number of aliphatic hydroxyl groups is 1. The molecular weight excluding hydrogens is 472 g/mol. The van der Waals surface area contributed by atoms with Crippen LogP contribution in [0, 0.1) is 12.8 Å². The van der Waals surface area contributed by atoms with Crippen LogP contribution in [0.15, 0.2) is 42.0 Å². The maximum absolute atomic E-state index is 13.3. The number of Topliss-reactive ketones (excluding diaryl/α,β-unsaturated/α-hetero) is 1. The van der Waals surface area contributed by atoms with Crippen molar-refractivity contribution in [2.24, 2.45) is 5.92 Å². The van der Waals surface area contributed by atoms with Crippen LogP contribution in [0.1, 0.15) is 43.0 Å². The Labute approximate surface area is 219 Å². The quantitative estimate of drug-likeness (QED) is 0.272. The van der Waals surface area contributed by atoms with Gasteiger partial charge in [-0.25, -0.2) is 0 Å². The van der Waals surface area contributed by atoms with E-state index < -0.39 is 17.7 Å². The van der Waals surface area contributed by atoms with Gasteiger partial charge in [-0.2, -0.15) is 0 Å². The lowest BCUT2D eigenvalue weighted by molar-refractivity contribution is -0.140. The number of ether oxygens (including phenoxy) is 3. The molecular formula is C29H38N2O6. The van der Waals surface area contributed by atoms with Gasteiger partial charge in [0, 0.05) is 18.7 Å². The first-order chi connectivity index (χ1) is 17.6. The van der Waals surface area contributed by atoms with Crippen LogP contribution in [0.2, 0.25) is 0 Å². The highest BCUT2D eigenvalue weighted by Gasteiger charge is 2.46. The summed E-state index contributed by atoms with van der Waals surface area (Å²) in [7, 11) is 6.93. The number of benzene rings is 2. The van der Waals surface area contributed by atoms with E-state index in [1.807, 2.05) is 32.0 Å². The Kier molecular flexibility index (Phi) is 9.21. The standard InChI is InChI=1S/C29H38N2O6/c1-18(2)12-15-37-23-11-8-20(17-24(23)36-7)26-25(28(33)29(34)31(26)14-13-30(4)5)27(32)21-9-10-22(35-6)19(3)16-21/h8-11,16-18,26,32H,12-15H2,1-7H3/b27-25+. The zero-order chi connectivity index (χ0) is 27.3. The topological polar surface area (TPSA) is 88.5 Å². The molecule has 8 nitrogen and oxygen atoms in total. The van der Waals surface area contributed by atoms with E-state index in [2.05, 4.69) is 13.8 Å². The first kappa shape index (κ1) is 28.1. The van der Waals surface area contributed by atoms with Crippen LogP contribution < -0.4 is 14.2 Å².